The first kappa shape index (κ1) is 19.4. The van der Waals surface area contributed by atoms with Crippen molar-refractivity contribution in [1.29, 1.82) is 0 Å². The van der Waals surface area contributed by atoms with Crippen LogP contribution in [-0.2, 0) is 9.59 Å². The molecule has 0 bridgehead atoms. The van der Waals surface area contributed by atoms with Gasteiger partial charge in [0.15, 0.2) is 0 Å². The van der Waals surface area contributed by atoms with E-state index in [1.807, 2.05) is 6.08 Å². The van der Waals surface area contributed by atoms with Crippen molar-refractivity contribution >= 4 is 11.8 Å². The number of allylic oxidation sites excluding steroid dienone is 6. The first-order chi connectivity index (χ1) is 14.1. The second-order valence-electron chi connectivity index (χ2n) is 7.80. The van der Waals surface area contributed by atoms with Crippen LogP contribution in [0.5, 0.6) is 0 Å². The molecule has 0 aromatic rings. The van der Waals surface area contributed by atoms with Crippen LogP contribution in [0.3, 0.4) is 0 Å². The van der Waals surface area contributed by atoms with E-state index in [0.29, 0.717) is 44.0 Å². The predicted octanol–water partition coefficient (Wildman–Crippen LogP) is 1.50. The summed E-state index contributed by atoms with van der Waals surface area (Å²) in [6, 6.07) is 0. The van der Waals surface area contributed by atoms with Crippen LogP contribution in [0.1, 0.15) is 32.1 Å². The van der Waals surface area contributed by atoms with E-state index >= 15 is 0 Å². The van der Waals surface area contributed by atoms with Crippen LogP contribution in [-0.4, -0.2) is 52.1 Å². The molecule has 1 spiro atoms. The summed E-state index contributed by atoms with van der Waals surface area (Å²) in [5.74, 6) is -1.11. The number of piperidine rings is 1. The van der Waals surface area contributed by atoms with E-state index in [4.69, 9.17) is 5.21 Å². The predicted molar refractivity (Wildman–Crippen MR) is 105 cm³/mol. The lowest BCUT2D eigenvalue weighted by Gasteiger charge is -2.45. The van der Waals surface area contributed by atoms with Crippen LogP contribution in [0.25, 0.3) is 0 Å². The van der Waals surface area contributed by atoms with Gasteiger partial charge in [-0.2, -0.15) is 0 Å². The molecular formula is C20H25N5O4. The average Bonchev–Trinajstić information content (AvgIpc) is 3.09. The molecule has 2 aliphatic heterocycles. The van der Waals surface area contributed by atoms with Gasteiger partial charge in [-0.3, -0.25) is 14.8 Å². The second-order valence-corrected chi connectivity index (χ2v) is 7.80. The van der Waals surface area contributed by atoms with Gasteiger partial charge in [0, 0.05) is 25.2 Å². The number of nitroso groups, excluding NO2 is 1. The summed E-state index contributed by atoms with van der Waals surface area (Å²) in [7, 11) is 0. The lowest BCUT2D eigenvalue weighted by Crippen LogP contribution is -2.55. The number of hydrogen-bond acceptors (Lipinski definition) is 7. The minimum absolute atomic E-state index is 0.0641. The number of nitrogens with zero attached hydrogens (tertiary/aromatic N) is 3. The van der Waals surface area contributed by atoms with Gasteiger partial charge in [0.2, 0.25) is 5.91 Å². The summed E-state index contributed by atoms with van der Waals surface area (Å²) in [5, 5.41) is 15.0. The highest BCUT2D eigenvalue weighted by Crippen LogP contribution is 2.39. The average molecular weight is 399 g/mol. The van der Waals surface area contributed by atoms with E-state index < -0.39 is 17.4 Å². The third-order valence-electron chi connectivity index (χ3n) is 6.36. The van der Waals surface area contributed by atoms with Crippen LogP contribution < -0.4 is 10.8 Å². The van der Waals surface area contributed by atoms with E-state index in [2.05, 4.69) is 32.4 Å². The fraction of sp³-hybridized carbons (Fsp3) is 0.500. The minimum Gasteiger partial charge on any atom is -0.370 e. The standard InChI is InChI=1S/C20H25N5O4/c26-18(23-29)14-6-7-17(16(12-14)22-28)24-10-8-20(9-11-24)19(27)21-13-25(20)15-4-2-1-3-5-15/h1-2,4,6-7,14,29H,3,5,8-13H2,(H,21,27)(H,23,26). The Morgan fingerprint density at radius 2 is 2.14 bits per heavy atom. The number of carbonyl (C=O) groups is 2. The zero-order valence-corrected chi connectivity index (χ0v) is 16.1. The minimum atomic E-state index is -0.616. The summed E-state index contributed by atoms with van der Waals surface area (Å²) in [6.45, 7) is 1.76. The molecule has 9 heteroatoms. The Hall–Kier alpha value is -2.94. The number of rotatable bonds is 4. The summed E-state index contributed by atoms with van der Waals surface area (Å²) in [4.78, 5) is 40.1. The number of likely N-dealkylation sites (tertiary alicyclic amines) is 1. The van der Waals surface area contributed by atoms with Crippen LogP contribution in [0.15, 0.2) is 52.6 Å². The summed E-state index contributed by atoms with van der Waals surface area (Å²) in [6.07, 6.45) is 13.0. The van der Waals surface area contributed by atoms with Crippen molar-refractivity contribution in [3.8, 4) is 0 Å². The fourth-order valence-corrected chi connectivity index (χ4v) is 4.71. The van der Waals surface area contributed by atoms with Gasteiger partial charge >= 0.3 is 0 Å². The van der Waals surface area contributed by atoms with Gasteiger partial charge in [0.1, 0.15) is 11.2 Å². The van der Waals surface area contributed by atoms with E-state index in [1.165, 1.54) is 5.70 Å². The highest BCUT2D eigenvalue weighted by atomic mass is 16.5. The lowest BCUT2D eigenvalue weighted by molar-refractivity contribution is -0.132. The number of hydroxylamine groups is 1. The Labute approximate surface area is 168 Å². The molecule has 0 radical (unpaired) electrons. The first-order valence-corrected chi connectivity index (χ1v) is 9.94. The zero-order chi connectivity index (χ0) is 20.4. The van der Waals surface area contributed by atoms with Crippen molar-refractivity contribution in [3.05, 3.63) is 52.4 Å². The molecule has 2 saturated heterocycles. The Morgan fingerprint density at radius 1 is 1.34 bits per heavy atom. The molecule has 2 fully saturated rings. The van der Waals surface area contributed by atoms with Gasteiger partial charge in [-0.25, -0.2) is 5.48 Å². The van der Waals surface area contributed by atoms with Gasteiger partial charge in [-0.1, -0.05) is 18.2 Å². The first-order valence-electron chi connectivity index (χ1n) is 9.94. The summed E-state index contributed by atoms with van der Waals surface area (Å²) < 4.78 is 0. The molecule has 3 N–H and O–H groups in total. The summed E-state index contributed by atoms with van der Waals surface area (Å²) >= 11 is 0. The maximum atomic E-state index is 12.8. The molecular weight excluding hydrogens is 374 g/mol. The zero-order valence-electron chi connectivity index (χ0n) is 16.1. The Balaban J connectivity index is 1.50. The normalized spacial score (nSPS) is 25.9. The van der Waals surface area contributed by atoms with Crippen molar-refractivity contribution in [2.75, 3.05) is 19.8 Å². The van der Waals surface area contributed by atoms with Gasteiger partial charge in [0.05, 0.1) is 18.3 Å². The van der Waals surface area contributed by atoms with Crippen LogP contribution in [0, 0.1) is 10.8 Å². The van der Waals surface area contributed by atoms with Gasteiger partial charge in [0.25, 0.3) is 5.91 Å². The van der Waals surface area contributed by atoms with E-state index in [0.717, 1.165) is 12.8 Å². The van der Waals surface area contributed by atoms with E-state index in [-0.39, 0.29) is 12.3 Å². The number of hydrogen-bond donors (Lipinski definition) is 3. The topological polar surface area (TPSA) is 114 Å². The fourth-order valence-electron chi connectivity index (χ4n) is 4.71. The molecule has 0 saturated carbocycles. The SMILES string of the molecule is O=NC1=C(N2CCC3(CC2)C(=O)NCN3C2=CC=CCC2)C=CC(C(=O)NO)C1. The van der Waals surface area contributed by atoms with Crippen molar-refractivity contribution in [2.24, 2.45) is 11.1 Å². The highest BCUT2D eigenvalue weighted by molar-refractivity contribution is 5.89. The molecule has 1 unspecified atom stereocenters. The number of amides is 2. The lowest BCUT2D eigenvalue weighted by atomic mass is 9.84. The molecule has 0 aromatic carbocycles. The largest absolute Gasteiger partial charge is 0.370 e. The molecule has 1 atom stereocenters. The maximum absolute atomic E-state index is 12.8. The van der Waals surface area contributed by atoms with Crippen LogP contribution >= 0.6 is 0 Å². The second kappa shape index (κ2) is 7.82. The maximum Gasteiger partial charge on any atom is 0.250 e. The molecule has 4 rings (SSSR count). The van der Waals surface area contributed by atoms with Crippen molar-refractivity contribution in [3.63, 3.8) is 0 Å². The highest BCUT2D eigenvalue weighted by Gasteiger charge is 2.51. The molecule has 2 amide bonds. The van der Waals surface area contributed by atoms with Crippen LogP contribution in [0.2, 0.25) is 0 Å². The Morgan fingerprint density at radius 3 is 2.79 bits per heavy atom. The smallest absolute Gasteiger partial charge is 0.250 e. The molecule has 4 aliphatic rings. The van der Waals surface area contributed by atoms with Crippen molar-refractivity contribution in [2.45, 2.75) is 37.6 Å². The Kier molecular flexibility index (Phi) is 5.23. The van der Waals surface area contributed by atoms with Gasteiger partial charge in [-0.05, 0) is 43.0 Å². The van der Waals surface area contributed by atoms with Gasteiger partial charge < -0.3 is 15.1 Å². The number of nitrogens with one attached hydrogen (secondary N) is 2. The van der Waals surface area contributed by atoms with Crippen LogP contribution in [0.4, 0.5) is 0 Å². The molecule has 9 nitrogen and oxygen atoms in total. The van der Waals surface area contributed by atoms with Crippen molar-refractivity contribution < 1.29 is 14.8 Å². The molecule has 154 valence electrons. The quantitative estimate of drug-likeness (QED) is 0.375. The van der Waals surface area contributed by atoms with E-state index in [1.54, 1.807) is 17.6 Å². The number of carbonyl (C=O) groups excluding carboxylic acids is 2. The monoisotopic (exact) mass is 399 g/mol. The summed E-state index contributed by atoms with van der Waals surface area (Å²) in [5.41, 5.74) is 3.24. The molecule has 0 aromatic heterocycles. The van der Waals surface area contributed by atoms with Crippen molar-refractivity contribution in [1.82, 2.24) is 20.6 Å². The third-order valence-corrected chi connectivity index (χ3v) is 6.36. The molecule has 2 heterocycles. The molecule has 2 aliphatic carbocycles. The third kappa shape index (κ3) is 3.35. The molecule has 29 heavy (non-hydrogen) atoms. The Bertz CT molecular complexity index is 836. The van der Waals surface area contributed by atoms with Gasteiger partial charge in [-0.15, -0.1) is 4.91 Å². The van der Waals surface area contributed by atoms with E-state index in [9.17, 15) is 14.5 Å².